The second-order valence-corrected chi connectivity index (χ2v) is 7.52. The second-order valence-electron chi connectivity index (χ2n) is 6.61. The van der Waals surface area contributed by atoms with E-state index in [4.69, 9.17) is 4.74 Å². The Kier molecular flexibility index (Phi) is 5.43. The number of carbonyl (C=O) groups excluding carboxylic acids is 1. The Morgan fingerprint density at radius 2 is 1.62 bits per heavy atom. The maximum atomic E-state index is 12.4. The van der Waals surface area contributed by atoms with Crippen LogP contribution in [0.3, 0.4) is 0 Å². The van der Waals surface area contributed by atoms with E-state index in [1.807, 2.05) is 48.7 Å². The summed E-state index contributed by atoms with van der Waals surface area (Å²) in [5.74, 6) is 0.760. The topological polar surface area (TPSA) is 38.3 Å². The standard InChI is InChI=1S/C22H23NO2S/c1-14-5-7-19(9-16(14)3)23-22(24)21-11-18(13-26-21)12-25-20-8-6-15(2)17(4)10-20/h5-11,13H,12H2,1-4H3,(H,23,24). The van der Waals surface area contributed by atoms with E-state index in [1.54, 1.807) is 0 Å². The molecule has 1 aromatic heterocycles. The molecule has 1 amide bonds. The predicted octanol–water partition coefficient (Wildman–Crippen LogP) is 5.81. The number of ether oxygens (including phenoxy) is 1. The summed E-state index contributed by atoms with van der Waals surface area (Å²) in [5, 5.41) is 4.93. The van der Waals surface area contributed by atoms with E-state index in [2.05, 4.69) is 32.2 Å². The van der Waals surface area contributed by atoms with Gasteiger partial charge in [-0.25, -0.2) is 0 Å². The molecule has 1 N–H and O–H groups in total. The molecule has 0 unspecified atom stereocenters. The van der Waals surface area contributed by atoms with E-state index in [0.29, 0.717) is 11.5 Å². The van der Waals surface area contributed by atoms with Crippen LogP contribution in [0.2, 0.25) is 0 Å². The highest BCUT2D eigenvalue weighted by atomic mass is 32.1. The van der Waals surface area contributed by atoms with Gasteiger partial charge in [-0.15, -0.1) is 11.3 Å². The van der Waals surface area contributed by atoms with E-state index >= 15 is 0 Å². The van der Waals surface area contributed by atoms with Gasteiger partial charge in [-0.3, -0.25) is 4.79 Å². The largest absolute Gasteiger partial charge is 0.489 e. The van der Waals surface area contributed by atoms with Crippen molar-refractivity contribution in [1.29, 1.82) is 0 Å². The lowest BCUT2D eigenvalue weighted by Crippen LogP contribution is -2.10. The van der Waals surface area contributed by atoms with Crippen LogP contribution >= 0.6 is 11.3 Å². The summed E-state index contributed by atoms with van der Waals surface area (Å²) in [6.07, 6.45) is 0. The Morgan fingerprint density at radius 3 is 2.31 bits per heavy atom. The fourth-order valence-electron chi connectivity index (χ4n) is 2.55. The number of nitrogens with one attached hydrogen (secondary N) is 1. The Hall–Kier alpha value is -2.59. The molecule has 134 valence electrons. The smallest absolute Gasteiger partial charge is 0.265 e. The highest BCUT2D eigenvalue weighted by molar-refractivity contribution is 7.12. The number of amides is 1. The zero-order chi connectivity index (χ0) is 18.7. The molecule has 0 spiro atoms. The zero-order valence-electron chi connectivity index (χ0n) is 15.6. The van der Waals surface area contributed by atoms with Gasteiger partial charge in [-0.05, 0) is 85.7 Å². The van der Waals surface area contributed by atoms with E-state index in [0.717, 1.165) is 22.6 Å². The highest BCUT2D eigenvalue weighted by Crippen LogP contribution is 2.21. The van der Waals surface area contributed by atoms with Crippen LogP contribution in [0, 0.1) is 27.7 Å². The van der Waals surface area contributed by atoms with Crippen molar-refractivity contribution < 1.29 is 9.53 Å². The number of carbonyl (C=O) groups is 1. The van der Waals surface area contributed by atoms with Gasteiger partial charge in [0.25, 0.3) is 5.91 Å². The minimum Gasteiger partial charge on any atom is -0.489 e. The molecule has 3 nitrogen and oxygen atoms in total. The summed E-state index contributed by atoms with van der Waals surface area (Å²) in [6, 6.07) is 13.9. The second kappa shape index (κ2) is 7.75. The average Bonchev–Trinajstić information content (AvgIpc) is 3.08. The third-order valence-corrected chi connectivity index (χ3v) is 5.50. The Labute approximate surface area is 158 Å². The number of anilines is 1. The number of benzene rings is 2. The molecule has 3 rings (SSSR count). The number of aryl methyl sites for hydroxylation is 4. The fourth-order valence-corrected chi connectivity index (χ4v) is 3.34. The van der Waals surface area contributed by atoms with Crippen LogP contribution in [0.4, 0.5) is 5.69 Å². The predicted molar refractivity (Wildman–Crippen MR) is 108 cm³/mol. The third kappa shape index (κ3) is 4.33. The van der Waals surface area contributed by atoms with E-state index < -0.39 is 0 Å². The van der Waals surface area contributed by atoms with Crippen molar-refractivity contribution in [2.75, 3.05) is 5.32 Å². The van der Waals surface area contributed by atoms with Gasteiger partial charge in [0, 0.05) is 11.3 Å². The molecular weight excluding hydrogens is 342 g/mol. The highest BCUT2D eigenvalue weighted by Gasteiger charge is 2.10. The minimum atomic E-state index is -0.0873. The van der Waals surface area contributed by atoms with Gasteiger partial charge in [-0.2, -0.15) is 0 Å². The minimum absolute atomic E-state index is 0.0873. The molecular formula is C22H23NO2S. The van der Waals surface area contributed by atoms with Gasteiger partial charge in [0.05, 0.1) is 4.88 Å². The van der Waals surface area contributed by atoms with E-state index in [1.165, 1.54) is 28.0 Å². The first-order valence-electron chi connectivity index (χ1n) is 8.58. The first-order valence-corrected chi connectivity index (χ1v) is 9.46. The van der Waals surface area contributed by atoms with Gasteiger partial charge >= 0.3 is 0 Å². The summed E-state index contributed by atoms with van der Waals surface area (Å²) < 4.78 is 5.84. The van der Waals surface area contributed by atoms with Crippen molar-refractivity contribution in [3.63, 3.8) is 0 Å². The first kappa shape index (κ1) is 18.2. The molecule has 0 atom stereocenters. The van der Waals surface area contributed by atoms with Crippen molar-refractivity contribution in [3.8, 4) is 5.75 Å². The molecule has 0 radical (unpaired) electrons. The Bertz CT molecular complexity index is 943. The van der Waals surface area contributed by atoms with Crippen LogP contribution in [0.5, 0.6) is 5.75 Å². The van der Waals surface area contributed by atoms with Crippen LogP contribution in [-0.4, -0.2) is 5.91 Å². The average molecular weight is 365 g/mol. The molecule has 0 aliphatic heterocycles. The molecule has 1 heterocycles. The molecule has 3 aromatic rings. The molecule has 26 heavy (non-hydrogen) atoms. The number of thiophene rings is 1. The molecule has 0 saturated carbocycles. The maximum Gasteiger partial charge on any atom is 0.265 e. The first-order chi connectivity index (χ1) is 12.4. The van der Waals surface area contributed by atoms with Crippen molar-refractivity contribution in [2.24, 2.45) is 0 Å². The van der Waals surface area contributed by atoms with Crippen LogP contribution in [-0.2, 0) is 6.61 Å². The summed E-state index contributed by atoms with van der Waals surface area (Å²) >= 11 is 1.43. The van der Waals surface area contributed by atoms with Crippen LogP contribution < -0.4 is 10.1 Å². The lowest BCUT2D eigenvalue weighted by molar-refractivity contribution is 0.103. The van der Waals surface area contributed by atoms with Gasteiger partial charge in [0.1, 0.15) is 12.4 Å². The SMILES string of the molecule is Cc1ccc(NC(=O)c2cc(COc3ccc(C)c(C)c3)cs2)cc1C. The molecule has 0 aliphatic carbocycles. The summed E-state index contributed by atoms with van der Waals surface area (Å²) in [5.41, 5.74) is 6.65. The molecule has 4 heteroatoms. The lowest BCUT2D eigenvalue weighted by Gasteiger charge is -2.07. The van der Waals surface area contributed by atoms with Gasteiger partial charge in [0.2, 0.25) is 0 Å². The molecule has 0 saturated heterocycles. The lowest BCUT2D eigenvalue weighted by atomic mass is 10.1. The molecule has 2 aromatic carbocycles. The van der Waals surface area contributed by atoms with Crippen LogP contribution in [0.25, 0.3) is 0 Å². The quantitative estimate of drug-likeness (QED) is 0.619. The fraction of sp³-hybridized carbons (Fsp3) is 0.227. The van der Waals surface area contributed by atoms with Crippen molar-refractivity contribution >= 4 is 22.9 Å². The zero-order valence-corrected chi connectivity index (χ0v) is 16.4. The van der Waals surface area contributed by atoms with Crippen LogP contribution in [0.1, 0.15) is 37.5 Å². The van der Waals surface area contributed by atoms with Crippen molar-refractivity contribution in [2.45, 2.75) is 34.3 Å². The van der Waals surface area contributed by atoms with E-state index in [-0.39, 0.29) is 5.91 Å². The Morgan fingerprint density at radius 1 is 0.923 bits per heavy atom. The summed E-state index contributed by atoms with van der Waals surface area (Å²) in [6.45, 7) is 8.71. The van der Waals surface area contributed by atoms with Gasteiger partial charge < -0.3 is 10.1 Å². The number of rotatable bonds is 5. The number of hydrogen-bond acceptors (Lipinski definition) is 3. The monoisotopic (exact) mass is 365 g/mol. The van der Waals surface area contributed by atoms with Crippen molar-refractivity contribution in [1.82, 2.24) is 0 Å². The molecule has 0 bridgehead atoms. The van der Waals surface area contributed by atoms with E-state index in [9.17, 15) is 4.79 Å². The van der Waals surface area contributed by atoms with Gasteiger partial charge in [0.15, 0.2) is 0 Å². The van der Waals surface area contributed by atoms with Crippen LogP contribution in [0.15, 0.2) is 47.8 Å². The van der Waals surface area contributed by atoms with Crippen molar-refractivity contribution in [3.05, 3.63) is 80.5 Å². The summed E-state index contributed by atoms with van der Waals surface area (Å²) in [7, 11) is 0. The maximum absolute atomic E-state index is 12.4. The van der Waals surface area contributed by atoms with Gasteiger partial charge in [-0.1, -0.05) is 12.1 Å². The molecule has 0 aliphatic rings. The summed E-state index contributed by atoms with van der Waals surface area (Å²) in [4.78, 5) is 13.1. The third-order valence-electron chi connectivity index (χ3n) is 4.53. The molecule has 0 fully saturated rings. The Balaban J connectivity index is 1.62. The number of hydrogen-bond donors (Lipinski definition) is 1. The normalized spacial score (nSPS) is 10.6.